The number of rotatable bonds is 6. The molecule has 0 N–H and O–H groups in total. The van der Waals surface area contributed by atoms with E-state index in [1.54, 1.807) is 6.07 Å². The van der Waals surface area contributed by atoms with Gasteiger partial charge in [-0.15, -0.1) is 0 Å². The zero-order valence-corrected chi connectivity index (χ0v) is 17.1. The van der Waals surface area contributed by atoms with Gasteiger partial charge in [0.15, 0.2) is 0 Å². The highest BCUT2D eigenvalue weighted by Gasteiger charge is 2.33. The molecule has 0 spiro atoms. The third-order valence-electron chi connectivity index (χ3n) is 4.16. The molecule has 0 unspecified atom stereocenters. The molecule has 0 saturated heterocycles. The second-order valence-corrected chi connectivity index (χ2v) is 8.20. The molecule has 0 atom stereocenters. The van der Waals surface area contributed by atoms with Crippen LogP contribution >= 0.6 is 11.6 Å². The summed E-state index contributed by atoms with van der Waals surface area (Å²) in [6.07, 6.45) is 0. The van der Waals surface area contributed by atoms with Crippen molar-refractivity contribution in [3.05, 3.63) is 93.5 Å². The first kappa shape index (κ1) is 21.3. The molecule has 0 aliphatic carbocycles. The Bertz CT molecular complexity index is 1200. The van der Waals surface area contributed by atoms with Gasteiger partial charge in [0.1, 0.15) is 5.75 Å². The van der Waals surface area contributed by atoms with Crippen molar-refractivity contribution in [3.8, 4) is 5.75 Å². The van der Waals surface area contributed by atoms with E-state index in [-0.39, 0.29) is 21.2 Å². The highest BCUT2D eigenvalue weighted by molar-refractivity contribution is 7.93. The lowest BCUT2D eigenvalue weighted by atomic mass is 10.2. The number of anilines is 1. The third-order valence-corrected chi connectivity index (χ3v) is 6.22. The molecule has 0 saturated carbocycles. The molecule has 30 heavy (non-hydrogen) atoms. The second kappa shape index (κ2) is 8.52. The van der Waals surface area contributed by atoms with Crippen LogP contribution < -0.4 is 9.04 Å². The summed E-state index contributed by atoms with van der Waals surface area (Å²) in [6, 6.07) is 16.4. The Balaban J connectivity index is 2.20. The van der Waals surface area contributed by atoms with Crippen LogP contribution in [0, 0.1) is 10.1 Å². The van der Waals surface area contributed by atoms with E-state index in [0.29, 0.717) is 10.1 Å². The maximum absolute atomic E-state index is 13.3. The minimum Gasteiger partial charge on any atom is -0.497 e. The van der Waals surface area contributed by atoms with E-state index >= 15 is 0 Å². The van der Waals surface area contributed by atoms with E-state index in [9.17, 15) is 23.3 Å². The molecular formula is C20H15ClN2O6S. The van der Waals surface area contributed by atoms with Crippen LogP contribution in [0.25, 0.3) is 0 Å². The molecule has 0 aliphatic rings. The minimum absolute atomic E-state index is 0.0206. The fraction of sp³-hybridized carbons (Fsp3) is 0.0500. The summed E-state index contributed by atoms with van der Waals surface area (Å²) in [4.78, 5) is 23.6. The number of nitro benzene ring substituents is 1. The van der Waals surface area contributed by atoms with Crippen molar-refractivity contribution in [2.24, 2.45) is 0 Å². The van der Waals surface area contributed by atoms with E-state index in [0.717, 1.165) is 12.1 Å². The smallest absolute Gasteiger partial charge is 0.274 e. The molecule has 0 bridgehead atoms. The Hall–Kier alpha value is -3.43. The SMILES string of the molecule is COc1ccc(N(C(=O)c2cc([N+](=O)[O-])ccc2Cl)S(=O)(=O)c2ccccc2)cc1. The third kappa shape index (κ3) is 4.12. The number of carbonyl (C=O) groups is 1. The lowest BCUT2D eigenvalue weighted by Gasteiger charge is -2.23. The van der Waals surface area contributed by atoms with Gasteiger partial charge in [0.2, 0.25) is 0 Å². The van der Waals surface area contributed by atoms with E-state index in [2.05, 4.69) is 0 Å². The Morgan fingerprint density at radius 2 is 1.67 bits per heavy atom. The minimum atomic E-state index is -4.36. The summed E-state index contributed by atoms with van der Waals surface area (Å²) in [5.74, 6) is -0.575. The van der Waals surface area contributed by atoms with Gasteiger partial charge < -0.3 is 4.74 Å². The number of amides is 1. The first-order valence-electron chi connectivity index (χ1n) is 8.48. The number of halogens is 1. The summed E-state index contributed by atoms with van der Waals surface area (Å²) in [5, 5.41) is 11.0. The standard InChI is InChI=1S/C20H15ClN2O6S/c1-29-16-10-7-14(8-11-16)22(30(27,28)17-5-3-2-4-6-17)20(24)18-13-15(23(25)26)9-12-19(18)21/h2-13H,1H3. The molecule has 0 radical (unpaired) electrons. The van der Waals surface area contributed by atoms with Crippen molar-refractivity contribution >= 4 is 38.9 Å². The second-order valence-electron chi connectivity index (χ2n) is 6.01. The van der Waals surface area contributed by atoms with Gasteiger partial charge in [0.05, 0.1) is 33.2 Å². The molecule has 3 aromatic rings. The molecule has 1 amide bonds. The molecule has 3 rings (SSSR count). The fourth-order valence-corrected chi connectivity index (χ4v) is 4.31. The summed E-state index contributed by atoms with van der Waals surface area (Å²) in [7, 11) is -2.91. The van der Waals surface area contributed by atoms with Gasteiger partial charge >= 0.3 is 0 Å². The molecule has 10 heteroatoms. The van der Waals surface area contributed by atoms with E-state index in [1.165, 1.54) is 61.7 Å². The largest absolute Gasteiger partial charge is 0.497 e. The molecule has 0 aliphatic heterocycles. The first-order valence-corrected chi connectivity index (χ1v) is 10.3. The molecular weight excluding hydrogens is 432 g/mol. The number of sulfonamides is 1. The van der Waals surface area contributed by atoms with Crippen molar-refractivity contribution in [1.82, 2.24) is 0 Å². The average molecular weight is 447 g/mol. The van der Waals surface area contributed by atoms with Crippen molar-refractivity contribution in [3.63, 3.8) is 0 Å². The van der Waals surface area contributed by atoms with Gasteiger partial charge in [-0.05, 0) is 42.5 Å². The van der Waals surface area contributed by atoms with Gasteiger partial charge in [0.25, 0.3) is 21.6 Å². The molecule has 154 valence electrons. The van der Waals surface area contributed by atoms with Crippen LogP contribution in [0.5, 0.6) is 5.75 Å². The monoisotopic (exact) mass is 446 g/mol. The van der Waals surface area contributed by atoms with Gasteiger partial charge in [0, 0.05) is 12.1 Å². The number of ether oxygens (including phenoxy) is 1. The first-order chi connectivity index (χ1) is 14.3. The quantitative estimate of drug-likeness (QED) is 0.413. The molecule has 0 aromatic heterocycles. The Labute approximate surface area is 177 Å². The molecule has 0 heterocycles. The van der Waals surface area contributed by atoms with Crippen LogP contribution in [-0.4, -0.2) is 26.4 Å². The number of hydrogen-bond acceptors (Lipinski definition) is 6. The summed E-state index contributed by atoms with van der Waals surface area (Å²) < 4.78 is 32.3. The van der Waals surface area contributed by atoms with Crippen LogP contribution in [0.1, 0.15) is 10.4 Å². The summed E-state index contributed by atoms with van der Waals surface area (Å²) in [6.45, 7) is 0. The van der Waals surface area contributed by atoms with Crippen molar-refractivity contribution in [2.45, 2.75) is 4.90 Å². The normalized spacial score (nSPS) is 11.0. The van der Waals surface area contributed by atoms with Crippen LogP contribution in [0.15, 0.2) is 77.7 Å². The highest BCUT2D eigenvalue weighted by atomic mass is 35.5. The highest BCUT2D eigenvalue weighted by Crippen LogP contribution is 2.31. The summed E-state index contributed by atoms with van der Waals surface area (Å²) >= 11 is 6.09. The number of hydrogen-bond donors (Lipinski definition) is 0. The number of nitro groups is 1. The number of benzene rings is 3. The summed E-state index contributed by atoms with van der Waals surface area (Å²) in [5.41, 5.74) is -0.692. The zero-order valence-electron chi connectivity index (χ0n) is 15.6. The average Bonchev–Trinajstić information content (AvgIpc) is 2.75. The van der Waals surface area contributed by atoms with Crippen LogP contribution in [-0.2, 0) is 10.0 Å². The van der Waals surface area contributed by atoms with E-state index in [1.807, 2.05) is 0 Å². The molecule has 0 fully saturated rings. The number of non-ortho nitro benzene ring substituents is 1. The van der Waals surface area contributed by atoms with E-state index < -0.39 is 26.5 Å². The predicted octanol–water partition coefficient (Wildman–Crippen LogP) is 4.29. The lowest BCUT2D eigenvalue weighted by molar-refractivity contribution is -0.384. The predicted molar refractivity (Wildman–Crippen MR) is 112 cm³/mol. The molecule has 8 nitrogen and oxygen atoms in total. The van der Waals surface area contributed by atoms with Crippen LogP contribution in [0.3, 0.4) is 0 Å². The van der Waals surface area contributed by atoms with Crippen LogP contribution in [0.4, 0.5) is 11.4 Å². The van der Waals surface area contributed by atoms with Crippen molar-refractivity contribution < 1.29 is 22.9 Å². The Kier molecular flexibility index (Phi) is 6.04. The topological polar surface area (TPSA) is 107 Å². The number of carbonyl (C=O) groups excluding carboxylic acids is 1. The van der Waals surface area contributed by atoms with Gasteiger partial charge in [-0.3, -0.25) is 14.9 Å². The fourth-order valence-electron chi connectivity index (χ4n) is 2.68. The van der Waals surface area contributed by atoms with Gasteiger partial charge in [-0.25, -0.2) is 8.42 Å². The van der Waals surface area contributed by atoms with E-state index in [4.69, 9.17) is 16.3 Å². The number of nitrogens with zero attached hydrogens (tertiary/aromatic N) is 2. The van der Waals surface area contributed by atoms with Gasteiger partial charge in [-0.1, -0.05) is 29.8 Å². The number of methoxy groups -OCH3 is 1. The Morgan fingerprint density at radius 1 is 1.03 bits per heavy atom. The Morgan fingerprint density at radius 3 is 2.23 bits per heavy atom. The van der Waals surface area contributed by atoms with Crippen LogP contribution in [0.2, 0.25) is 5.02 Å². The van der Waals surface area contributed by atoms with Crippen molar-refractivity contribution in [1.29, 1.82) is 0 Å². The molecule has 3 aromatic carbocycles. The van der Waals surface area contributed by atoms with Gasteiger partial charge in [-0.2, -0.15) is 4.31 Å². The maximum Gasteiger partial charge on any atom is 0.274 e. The maximum atomic E-state index is 13.3. The lowest BCUT2D eigenvalue weighted by Crippen LogP contribution is -2.37. The zero-order chi connectivity index (χ0) is 21.9. The van der Waals surface area contributed by atoms with Crippen molar-refractivity contribution in [2.75, 3.05) is 11.4 Å².